The van der Waals surface area contributed by atoms with Crippen molar-refractivity contribution in [3.63, 3.8) is 0 Å². The lowest BCUT2D eigenvalue weighted by atomic mass is 10.2. The largest absolute Gasteiger partial charge is 0.373 e. The summed E-state index contributed by atoms with van der Waals surface area (Å²) in [4.78, 5) is 19.7. The smallest absolute Gasteiger partial charge is 0.252 e. The van der Waals surface area contributed by atoms with E-state index in [1.165, 1.54) is 12.4 Å². The quantitative estimate of drug-likeness (QED) is 0.649. The minimum Gasteiger partial charge on any atom is -0.373 e. The Hall–Kier alpha value is -1.40. The summed E-state index contributed by atoms with van der Waals surface area (Å²) >= 11 is 0. The van der Waals surface area contributed by atoms with Crippen molar-refractivity contribution in [1.29, 1.82) is 0 Å². The number of nitrogens with two attached hydrogens (primary N) is 1. The molecule has 6 heteroatoms. The molecule has 0 saturated carbocycles. The number of hydrogen-bond donors (Lipinski definition) is 2. The predicted octanol–water partition coefficient (Wildman–Crippen LogP) is -1.07. The van der Waals surface area contributed by atoms with Crippen LogP contribution in [0.3, 0.4) is 0 Å². The lowest BCUT2D eigenvalue weighted by molar-refractivity contribution is 0.0463. The molecule has 2 heterocycles. The number of nitrogens with zero attached hydrogens (tertiary/aromatic N) is 2. The fourth-order valence-electron chi connectivity index (χ4n) is 1.60. The molecule has 1 aliphatic rings. The summed E-state index contributed by atoms with van der Waals surface area (Å²) in [5, 5.41) is 0. The van der Waals surface area contributed by atoms with Crippen LogP contribution in [-0.4, -0.2) is 42.3 Å². The zero-order valence-electron chi connectivity index (χ0n) is 8.35. The molecular weight excluding hydrogens is 196 g/mol. The first-order valence-corrected chi connectivity index (χ1v) is 4.91. The Bertz CT molecular complexity index is 378. The van der Waals surface area contributed by atoms with Gasteiger partial charge < -0.3 is 20.4 Å². The number of aromatic amines is 1. The number of anilines is 1. The SMILES string of the molecule is NCC1CN(c2cc(=O)[nH]cn2)CCO1. The highest BCUT2D eigenvalue weighted by Crippen LogP contribution is 2.11. The third-order valence-electron chi connectivity index (χ3n) is 2.39. The van der Waals surface area contributed by atoms with Crippen molar-refractivity contribution in [3.05, 3.63) is 22.7 Å². The molecule has 1 unspecified atom stereocenters. The van der Waals surface area contributed by atoms with Crippen LogP contribution >= 0.6 is 0 Å². The van der Waals surface area contributed by atoms with E-state index < -0.39 is 0 Å². The number of morpholine rings is 1. The molecule has 1 aliphatic heterocycles. The second-order valence-electron chi connectivity index (χ2n) is 3.44. The summed E-state index contributed by atoms with van der Waals surface area (Å²) in [6.07, 6.45) is 1.43. The van der Waals surface area contributed by atoms with E-state index in [1.54, 1.807) is 0 Å². The van der Waals surface area contributed by atoms with Crippen LogP contribution in [0.5, 0.6) is 0 Å². The van der Waals surface area contributed by atoms with Crippen molar-refractivity contribution >= 4 is 5.82 Å². The Balaban J connectivity index is 2.13. The van der Waals surface area contributed by atoms with Crippen LogP contribution < -0.4 is 16.2 Å². The van der Waals surface area contributed by atoms with Crippen molar-refractivity contribution < 1.29 is 4.74 Å². The summed E-state index contributed by atoms with van der Waals surface area (Å²) < 4.78 is 5.43. The molecule has 0 spiro atoms. The first-order valence-electron chi connectivity index (χ1n) is 4.91. The molecule has 0 aromatic carbocycles. The third-order valence-corrected chi connectivity index (χ3v) is 2.39. The summed E-state index contributed by atoms with van der Waals surface area (Å²) in [5.74, 6) is 0.681. The standard InChI is InChI=1S/C9H14N4O2/c10-4-7-5-13(1-2-15-7)8-3-9(14)12-6-11-8/h3,6-7H,1-2,4-5,10H2,(H,11,12,14). The van der Waals surface area contributed by atoms with Crippen LogP contribution in [0.2, 0.25) is 0 Å². The Labute approximate surface area is 87.1 Å². The van der Waals surface area contributed by atoms with Gasteiger partial charge in [0.15, 0.2) is 0 Å². The minimum absolute atomic E-state index is 0.0276. The van der Waals surface area contributed by atoms with Crippen LogP contribution in [0.25, 0.3) is 0 Å². The van der Waals surface area contributed by atoms with Gasteiger partial charge >= 0.3 is 0 Å². The molecule has 3 N–H and O–H groups in total. The van der Waals surface area contributed by atoms with Crippen molar-refractivity contribution in [3.8, 4) is 0 Å². The number of rotatable bonds is 2. The Kier molecular flexibility index (Phi) is 2.98. The topological polar surface area (TPSA) is 84.2 Å². The fraction of sp³-hybridized carbons (Fsp3) is 0.556. The van der Waals surface area contributed by atoms with E-state index in [0.717, 1.165) is 6.54 Å². The molecule has 1 atom stereocenters. The highest BCUT2D eigenvalue weighted by molar-refractivity contribution is 5.37. The average molecular weight is 210 g/mol. The lowest BCUT2D eigenvalue weighted by Gasteiger charge is -2.32. The molecule has 2 rings (SSSR count). The van der Waals surface area contributed by atoms with Crippen molar-refractivity contribution in [2.45, 2.75) is 6.10 Å². The highest BCUT2D eigenvalue weighted by Gasteiger charge is 2.20. The maximum atomic E-state index is 11.1. The van der Waals surface area contributed by atoms with Crippen molar-refractivity contribution in [1.82, 2.24) is 9.97 Å². The Morgan fingerprint density at radius 1 is 1.73 bits per heavy atom. The van der Waals surface area contributed by atoms with Crippen LogP contribution in [-0.2, 0) is 4.74 Å². The van der Waals surface area contributed by atoms with E-state index in [4.69, 9.17) is 10.5 Å². The second-order valence-corrected chi connectivity index (χ2v) is 3.44. The van der Waals surface area contributed by atoms with Crippen LogP contribution in [0.15, 0.2) is 17.2 Å². The zero-order valence-corrected chi connectivity index (χ0v) is 8.35. The summed E-state index contributed by atoms with van der Waals surface area (Å²) in [6.45, 7) is 2.54. The molecule has 1 aromatic rings. The minimum atomic E-state index is -0.143. The Morgan fingerprint density at radius 3 is 3.33 bits per heavy atom. The monoisotopic (exact) mass is 210 g/mol. The first-order chi connectivity index (χ1) is 7.29. The first kappa shape index (κ1) is 10.1. The van der Waals surface area contributed by atoms with E-state index in [9.17, 15) is 4.79 Å². The molecule has 1 aromatic heterocycles. The number of aromatic nitrogens is 2. The Morgan fingerprint density at radius 2 is 2.60 bits per heavy atom. The van der Waals surface area contributed by atoms with Gasteiger partial charge in [0.25, 0.3) is 5.56 Å². The van der Waals surface area contributed by atoms with Gasteiger partial charge in [0.05, 0.1) is 19.0 Å². The van der Waals surface area contributed by atoms with Crippen LogP contribution in [0, 0.1) is 0 Å². The van der Waals surface area contributed by atoms with Crippen LogP contribution in [0.1, 0.15) is 0 Å². The van der Waals surface area contributed by atoms with Crippen molar-refractivity contribution in [2.24, 2.45) is 5.73 Å². The molecule has 0 radical (unpaired) electrons. The maximum Gasteiger partial charge on any atom is 0.252 e. The van der Waals surface area contributed by atoms with Gasteiger partial charge in [-0.3, -0.25) is 4.79 Å². The predicted molar refractivity (Wildman–Crippen MR) is 55.9 cm³/mol. The second kappa shape index (κ2) is 4.41. The molecule has 1 saturated heterocycles. The third kappa shape index (κ3) is 2.34. The average Bonchev–Trinajstić information content (AvgIpc) is 2.29. The molecule has 0 aliphatic carbocycles. The molecular formula is C9H14N4O2. The normalized spacial score (nSPS) is 21.7. The van der Waals surface area contributed by atoms with Gasteiger partial charge in [-0.25, -0.2) is 4.98 Å². The fourth-order valence-corrected chi connectivity index (χ4v) is 1.60. The highest BCUT2D eigenvalue weighted by atomic mass is 16.5. The summed E-state index contributed by atoms with van der Waals surface area (Å²) in [5.41, 5.74) is 5.39. The number of ether oxygens (including phenoxy) is 1. The number of nitrogens with one attached hydrogen (secondary N) is 1. The maximum absolute atomic E-state index is 11.1. The molecule has 0 amide bonds. The van der Waals surface area contributed by atoms with E-state index >= 15 is 0 Å². The lowest BCUT2D eigenvalue weighted by Crippen LogP contribution is -2.46. The summed E-state index contributed by atoms with van der Waals surface area (Å²) in [6, 6.07) is 1.49. The van der Waals surface area contributed by atoms with E-state index in [2.05, 4.69) is 9.97 Å². The van der Waals surface area contributed by atoms with E-state index in [1.807, 2.05) is 4.90 Å². The van der Waals surface area contributed by atoms with Gasteiger partial charge in [0.1, 0.15) is 5.82 Å². The number of H-pyrrole nitrogens is 1. The molecule has 6 nitrogen and oxygen atoms in total. The number of hydrogen-bond acceptors (Lipinski definition) is 5. The van der Waals surface area contributed by atoms with Crippen molar-refractivity contribution in [2.75, 3.05) is 31.1 Å². The van der Waals surface area contributed by atoms with Crippen LogP contribution in [0.4, 0.5) is 5.82 Å². The van der Waals surface area contributed by atoms with E-state index in [0.29, 0.717) is 25.5 Å². The summed E-state index contributed by atoms with van der Waals surface area (Å²) in [7, 11) is 0. The van der Waals surface area contributed by atoms with Gasteiger partial charge in [-0.15, -0.1) is 0 Å². The zero-order chi connectivity index (χ0) is 10.7. The molecule has 15 heavy (non-hydrogen) atoms. The van der Waals surface area contributed by atoms with Gasteiger partial charge in [-0.2, -0.15) is 0 Å². The van der Waals surface area contributed by atoms with E-state index in [-0.39, 0.29) is 11.7 Å². The van der Waals surface area contributed by atoms with Gasteiger partial charge in [0.2, 0.25) is 0 Å². The van der Waals surface area contributed by atoms with Gasteiger partial charge in [-0.05, 0) is 0 Å². The van der Waals surface area contributed by atoms with Gasteiger partial charge in [0, 0.05) is 25.7 Å². The molecule has 1 fully saturated rings. The molecule has 82 valence electrons. The molecule has 0 bridgehead atoms. The van der Waals surface area contributed by atoms with Gasteiger partial charge in [-0.1, -0.05) is 0 Å².